The van der Waals surface area contributed by atoms with Crippen molar-refractivity contribution in [3.8, 4) is 0 Å². The van der Waals surface area contributed by atoms with Crippen molar-refractivity contribution in [1.82, 2.24) is 5.32 Å². The van der Waals surface area contributed by atoms with E-state index in [2.05, 4.69) is 10.6 Å². The Hall–Kier alpha value is -2.56. The summed E-state index contributed by atoms with van der Waals surface area (Å²) in [4.78, 5) is 33.4. The maximum Gasteiger partial charge on any atom is 0.295 e. The summed E-state index contributed by atoms with van der Waals surface area (Å²) in [5, 5.41) is 15.4. The molecular formula is C13H16FN3O6S. The Morgan fingerprint density at radius 2 is 2.00 bits per heavy atom. The number of carbonyl (C=O) groups is 2. The van der Waals surface area contributed by atoms with E-state index in [4.69, 9.17) is 0 Å². The van der Waals surface area contributed by atoms with Gasteiger partial charge in [-0.1, -0.05) is 0 Å². The van der Waals surface area contributed by atoms with E-state index >= 15 is 0 Å². The molecule has 9 nitrogen and oxygen atoms in total. The SMILES string of the molecule is CC(=O)NC(CCS(C)(=O)=O)C(=O)Nc1ccc(F)cc1[N+](=O)[O-]. The fourth-order valence-corrected chi connectivity index (χ4v) is 2.49. The summed E-state index contributed by atoms with van der Waals surface area (Å²) >= 11 is 0. The van der Waals surface area contributed by atoms with Crippen molar-refractivity contribution in [2.75, 3.05) is 17.3 Å². The first-order valence-corrected chi connectivity index (χ1v) is 8.75. The molecule has 1 rings (SSSR count). The number of rotatable bonds is 7. The van der Waals surface area contributed by atoms with Crippen molar-refractivity contribution in [2.45, 2.75) is 19.4 Å². The summed E-state index contributed by atoms with van der Waals surface area (Å²) in [7, 11) is -3.38. The van der Waals surface area contributed by atoms with Crippen molar-refractivity contribution in [2.24, 2.45) is 0 Å². The van der Waals surface area contributed by atoms with Gasteiger partial charge in [-0.15, -0.1) is 0 Å². The molecule has 1 aromatic carbocycles. The van der Waals surface area contributed by atoms with Gasteiger partial charge in [-0.2, -0.15) is 0 Å². The van der Waals surface area contributed by atoms with E-state index in [-0.39, 0.29) is 17.9 Å². The molecule has 0 saturated carbocycles. The van der Waals surface area contributed by atoms with Crippen molar-refractivity contribution in [3.63, 3.8) is 0 Å². The first kappa shape index (κ1) is 19.5. The van der Waals surface area contributed by atoms with Crippen LogP contribution in [0.4, 0.5) is 15.8 Å². The van der Waals surface area contributed by atoms with Gasteiger partial charge in [0.1, 0.15) is 27.4 Å². The summed E-state index contributed by atoms with van der Waals surface area (Å²) in [6.07, 6.45) is 0.764. The van der Waals surface area contributed by atoms with Crippen LogP contribution >= 0.6 is 0 Å². The monoisotopic (exact) mass is 361 g/mol. The van der Waals surface area contributed by atoms with Gasteiger partial charge in [0, 0.05) is 13.2 Å². The summed E-state index contributed by atoms with van der Waals surface area (Å²) in [5.41, 5.74) is -0.922. The molecule has 132 valence electrons. The number of hydrogen-bond acceptors (Lipinski definition) is 6. The first-order valence-electron chi connectivity index (χ1n) is 6.69. The third kappa shape index (κ3) is 6.28. The number of benzene rings is 1. The quantitative estimate of drug-likeness (QED) is 0.539. The van der Waals surface area contributed by atoms with Gasteiger partial charge in [0.15, 0.2) is 0 Å². The zero-order valence-corrected chi connectivity index (χ0v) is 13.7. The zero-order chi connectivity index (χ0) is 18.5. The van der Waals surface area contributed by atoms with Crippen molar-refractivity contribution in [3.05, 3.63) is 34.1 Å². The van der Waals surface area contributed by atoms with Crippen LogP contribution in [0.15, 0.2) is 18.2 Å². The van der Waals surface area contributed by atoms with E-state index in [9.17, 15) is 32.5 Å². The lowest BCUT2D eigenvalue weighted by Crippen LogP contribution is -2.44. The number of anilines is 1. The minimum absolute atomic E-state index is 0.209. The van der Waals surface area contributed by atoms with Gasteiger partial charge < -0.3 is 10.6 Å². The number of nitro groups is 1. The van der Waals surface area contributed by atoms with Crippen LogP contribution in [-0.2, 0) is 19.4 Å². The lowest BCUT2D eigenvalue weighted by Gasteiger charge is -2.17. The van der Waals surface area contributed by atoms with E-state index in [1.807, 2.05) is 0 Å². The second-order valence-electron chi connectivity index (χ2n) is 5.08. The molecule has 0 aliphatic heterocycles. The molecule has 0 bridgehead atoms. The summed E-state index contributed by atoms with van der Waals surface area (Å²) in [5.74, 6) is -2.63. The Morgan fingerprint density at radius 3 is 2.50 bits per heavy atom. The topological polar surface area (TPSA) is 135 Å². The Bertz CT molecular complexity index is 765. The van der Waals surface area contributed by atoms with Crippen LogP contribution in [0.1, 0.15) is 13.3 Å². The molecule has 11 heteroatoms. The smallest absolute Gasteiger partial charge is 0.295 e. The lowest BCUT2D eigenvalue weighted by molar-refractivity contribution is -0.384. The number of nitro benzene ring substituents is 1. The largest absolute Gasteiger partial charge is 0.345 e. The molecule has 1 atom stereocenters. The van der Waals surface area contributed by atoms with Crippen LogP contribution in [-0.4, -0.2) is 43.2 Å². The predicted molar refractivity (Wildman–Crippen MR) is 83.6 cm³/mol. The number of halogens is 1. The second kappa shape index (κ2) is 7.81. The van der Waals surface area contributed by atoms with Crippen molar-refractivity contribution in [1.29, 1.82) is 0 Å². The number of nitrogens with zero attached hydrogens (tertiary/aromatic N) is 1. The highest BCUT2D eigenvalue weighted by Crippen LogP contribution is 2.25. The summed E-state index contributed by atoms with van der Waals surface area (Å²) in [6.45, 7) is 1.14. The van der Waals surface area contributed by atoms with Crippen molar-refractivity contribution < 1.29 is 27.3 Å². The molecule has 0 heterocycles. The second-order valence-corrected chi connectivity index (χ2v) is 7.34. The maximum absolute atomic E-state index is 13.1. The Balaban J connectivity index is 2.99. The first-order chi connectivity index (χ1) is 11.0. The number of amides is 2. The van der Waals surface area contributed by atoms with Gasteiger partial charge in [0.25, 0.3) is 5.69 Å². The Kier molecular flexibility index (Phi) is 6.35. The van der Waals surface area contributed by atoms with Crippen LogP contribution in [0, 0.1) is 15.9 Å². The molecule has 0 radical (unpaired) electrons. The molecule has 0 aliphatic carbocycles. The van der Waals surface area contributed by atoms with Gasteiger partial charge in [-0.3, -0.25) is 19.7 Å². The highest BCUT2D eigenvalue weighted by atomic mass is 32.2. The van der Waals surface area contributed by atoms with Crippen LogP contribution in [0.2, 0.25) is 0 Å². The molecule has 0 spiro atoms. The predicted octanol–water partition coefficient (Wildman–Crippen LogP) is 0.612. The highest BCUT2D eigenvalue weighted by molar-refractivity contribution is 7.90. The number of sulfone groups is 1. The van der Waals surface area contributed by atoms with Gasteiger partial charge in [0.2, 0.25) is 11.8 Å². The van der Waals surface area contributed by atoms with E-state index in [1.54, 1.807) is 0 Å². The molecule has 1 aromatic rings. The van der Waals surface area contributed by atoms with E-state index in [0.29, 0.717) is 6.07 Å². The van der Waals surface area contributed by atoms with Gasteiger partial charge in [-0.25, -0.2) is 12.8 Å². The Labute approximate surface area is 137 Å². The van der Waals surface area contributed by atoms with Crippen LogP contribution in [0.5, 0.6) is 0 Å². The maximum atomic E-state index is 13.1. The molecule has 24 heavy (non-hydrogen) atoms. The third-order valence-corrected chi connectivity index (χ3v) is 3.86. The van der Waals surface area contributed by atoms with Gasteiger partial charge >= 0.3 is 0 Å². The average molecular weight is 361 g/mol. The van der Waals surface area contributed by atoms with Crippen LogP contribution in [0.3, 0.4) is 0 Å². The number of hydrogen-bond donors (Lipinski definition) is 2. The van der Waals surface area contributed by atoms with Crippen molar-refractivity contribution >= 4 is 33.0 Å². The number of nitrogens with one attached hydrogen (secondary N) is 2. The normalized spacial score (nSPS) is 12.3. The lowest BCUT2D eigenvalue weighted by atomic mass is 10.2. The van der Waals surface area contributed by atoms with Crippen LogP contribution < -0.4 is 10.6 Å². The molecule has 2 N–H and O–H groups in total. The molecule has 2 amide bonds. The molecule has 0 saturated heterocycles. The van der Waals surface area contributed by atoms with Gasteiger partial charge in [-0.05, 0) is 18.6 Å². The third-order valence-electron chi connectivity index (χ3n) is 2.89. The minimum Gasteiger partial charge on any atom is -0.345 e. The van der Waals surface area contributed by atoms with E-state index in [0.717, 1.165) is 25.3 Å². The van der Waals surface area contributed by atoms with E-state index < -0.39 is 44.1 Å². The molecular weight excluding hydrogens is 345 g/mol. The summed E-state index contributed by atoms with van der Waals surface area (Å²) in [6, 6.07) is 1.36. The Morgan fingerprint density at radius 1 is 1.38 bits per heavy atom. The average Bonchev–Trinajstić information content (AvgIpc) is 2.43. The molecule has 0 fully saturated rings. The molecule has 1 unspecified atom stereocenters. The number of carbonyl (C=O) groups excluding carboxylic acids is 2. The minimum atomic E-state index is -3.38. The highest BCUT2D eigenvalue weighted by Gasteiger charge is 2.24. The fourth-order valence-electron chi connectivity index (χ4n) is 1.83. The standard InChI is InChI=1S/C13H16FN3O6S/c1-8(18)15-11(5-6-24(2,22)23)13(19)16-10-4-3-9(14)7-12(10)17(20)21/h3-4,7,11H,5-6H2,1-2H3,(H,15,18)(H,16,19). The molecule has 0 aromatic heterocycles. The van der Waals surface area contributed by atoms with Crippen LogP contribution in [0.25, 0.3) is 0 Å². The van der Waals surface area contributed by atoms with Gasteiger partial charge in [0.05, 0.1) is 16.7 Å². The molecule has 0 aliphatic rings. The fraction of sp³-hybridized carbons (Fsp3) is 0.385. The summed E-state index contributed by atoms with van der Waals surface area (Å²) < 4.78 is 35.5. The van der Waals surface area contributed by atoms with E-state index in [1.165, 1.54) is 0 Å². The zero-order valence-electron chi connectivity index (χ0n) is 12.9.